The Morgan fingerprint density at radius 2 is 2.00 bits per heavy atom. The van der Waals surface area contributed by atoms with Crippen molar-refractivity contribution in [2.75, 3.05) is 31.6 Å². The number of carbonyl (C=O) groups excluding carboxylic acids is 1. The van der Waals surface area contributed by atoms with Gasteiger partial charge in [0, 0.05) is 24.3 Å². The Morgan fingerprint density at radius 3 is 2.67 bits per heavy atom. The number of hydrogen-bond donors (Lipinski definition) is 1. The smallest absolute Gasteiger partial charge is 0.178 e. The third kappa shape index (κ3) is 2.91. The molecular weight excluding hydrogens is 224 g/mol. The summed E-state index contributed by atoms with van der Waals surface area (Å²) in [6.07, 6.45) is 3.77. The average Bonchev–Trinajstić information content (AvgIpc) is 2.40. The zero-order valence-corrected chi connectivity index (χ0v) is 11.3. The second kappa shape index (κ2) is 6.01. The number of likely N-dealkylation sites (N-methyl/N-ethyl adjacent to an activating group) is 1. The molecule has 1 heterocycles. The van der Waals surface area contributed by atoms with Gasteiger partial charge in [-0.1, -0.05) is 11.6 Å². The summed E-state index contributed by atoms with van der Waals surface area (Å²) < 4.78 is 0. The lowest BCUT2D eigenvalue weighted by Gasteiger charge is -2.30. The highest BCUT2D eigenvalue weighted by atomic mass is 16.1. The van der Waals surface area contributed by atoms with Crippen LogP contribution in [0.25, 0.3) is 0 Å². The molecule has 0 unspecified atom stereocenters. The fraction of sp³-hybridized carbons (Fsp3) is 0.533. The van der Waals surface area contributed by atoms with Crippen molar-refractivity contribution in [1.82, 2.24) is 5.32 Å². The molecule has 1 saturated heterocycles. The number of carbonyl (C=O) groups is 1. The van der Waals surface area contributed by atoms with Gasteiger partial charge in [-0.25, -0.2) is 0 Å². The van der Waals surface area contributed by atoms with Crippen LogP contribution in [0.3, 0.4) is 0 Å². The average molecular weight is 246 g/mol. The SMILES string of the molecule is CNCC(=O)c1cc(C)ccc1N1CCCCC1. The zero-order chi connectivity index (χ0) is 13.0. The number of Topliss-reactive ketones (excluding diaryl/α,β-unsaturated/α-hetero) is 1. The first-order chi connectivity index (χ1) is 8.72. The van der Waals surface area contributed by atoms with Crippen LogP contribution in [0.4, 0.5) is 5.69 Å². The van der Waals surface area contributed by atoms with E-state index in [-0.39, 0.29) is 5.78 Å². The topological polar surface area (TPSA) is 32.3 Å². The monoisotopic (exact) mass is 246 g/mol. The zero-order valence-electron chi connectivity index (χ0n) is 11.3. The summed E-state index contributed by atoms with van der Waals surface area (Å²) in [7, 11) is 1.81. The van der Waals surface area contributed by atoms with E-state index in [0.717, 1.165) is 29.9 Å². The van der Waals surface area contributed by atoms with Crippen LogP contribution >= 0.6 is 0 Å². The maximum Gasteiger partial charge on any atom is 0.178 e. The first-order valence-corrected chi connectivity index (χ1v) is 6.76. The van der Waals surface area contributed by atoms with Crippen molar-refractivity contribution in [3.8, 4) is 0 Å². The highest BCUT2D eigenvalue weighted by Crippen LogP contribution is 2.25. The summed E-state index contributed by atoms with van der Waals surface area (Å²) >= 11 is 0. The second-order valence-corrected chi connectivity index (χ2v) is 5.02. The molecule has 1 aromatic rings. The molecule has 0 radical (unpaired) electrons. The fourth-order valence-corrected chi connectivity index (χ4v) is 2.54. The largest absolute Gasteiger partial charge is 0.371 e. The number of hydrogen-bond acceptors (Lipinski definition) is 3. The van der Waals surface area contributed by atoms with Gasteiger partial charge in [0.1, 0.15) is 0 Å². The van der Waals surface area contributed by atoms with Crippen LogP contribution in [0.5, 0.6) is 0 Å². The van der Waals surface area contributed by atoms with Gasteiger partial charge in [-0.15, -0.1) is 0 Å². The van der Waals surface area contributed by atoms with Gasteiger partial charge in [-0.05, 0) is 45.4 Å². The van der Waals surface area contributed by atoms with E-state index in [9.17, 15) is 4.79 Å². The van der Waals surface area contributed by atoms with E-state index < -0.39 is 0 Å². The van der Waals surface area contributed by atoms with Gasteiger partial charge < -0.3 is 10.2 Å². The third-order valence-electron chi connectivity index (χ3n) is 3.49. The van der Waals surface area contributed by atoms with Gasteiger partial charge >= 0.3 is 0 Å². The minimum Gasteiger partial charge on any atom is -0.371 e. The lowest BCUT2D eigenvalue weighted by Crippen LogP contribution is -2.31. The number of rotatable bonds is 4. The number of nitrogens with one attached hydrogen (secondary N) is 1. The molecular formula is C15H22N2O. The van der Waals surface area contributed by atoms with Crippen LogP contribution in [-0.2, 0) is 0 Å². The van der Waals surface area contributed by atoms with E-state index in [1.807, 2.05) is 20.0 Å². The summed E-state index contributed by atoms with van der Waals surface area (Å²) in [4.78, 5) is 14.5. The summed E-state index contributed by atoms with van der Waals surface area (Å²) in [5.41, 5.74) is 3.13. The molecule has 0 bridgehead atoms. The third-order valence-corrected chi connectivity index (χ3v) is 3.49. The normalized spacial score (nSPS) is 15.8. The van der Waals surface area contributed by atoms with Crippen molar-refractivity contribution in [3.63, 3.8) is 0 Å². The lowest BCUT2D eigenvalue weighted by atomic mass is 10.0. The highest BCUT2D eigenvalue weighted by Gasteiger charge is 2.18. The van der Waals surface area contributed by atoms with Crippen LogP contribution in [0.1, 0.15) is 35.2 Å². The quantitative estimate of drug-likeness (QED) is 0.828. The summed E-state index contributed by atoms with van der Waals surface area (Å²) in [6, 6.07) is 6.22. The Kier molecular flexibility index (Phi) is 4.37. The van der Waals surface area contributed by atoms with Gasteiger partial charge in [0.05, 0.1) is 6.54 Å². The van der Waals surface area contributed by atoms with E-state index in [1.54, 1.807) is 0 Å². The number of nitrogens with zero attached hydrogens (tertiary/aromatic N) is 1. The Hall–Kier alpha value is -1.35. The minimum absolute atomic E-state index is 0.182. The van der Waals surface area contributed by atoms with Crippen molar-refractivity contribution < 1.29 is 4.79 Å². The highest BCUT2D eigenvalue weighted by molar-refractivity contribution is 6.02. The van der Waals surface area contributed by atoms with Crippen molar-refractivity contribution >= 4 is 11.5 Å². The number of anilines is 1. The van der Waals surface area contributed by atoms with Crippen molar-refractivity contribution in [2.45, 2.75) is 26.2 Å². The molecule has 1 aliphatic rings. The van der Waals surface area contributed by atoms with Crippen molar-refractivity contribution in [2.24, 2.45) is 0 Å². The summed E-state index contributed by atoms with van der Waals surface area (Å²) in [5, 5.41) is 2.95. The number of benzene rings is 1. The van der Waals surface area contributed by atoms with Crippen LogP contribution in [0.15, 0.2) is 18.2 Å². The molecule has 2 rings (SSSR count). The van der Waals surface area contributed by atoms with Crippen LogP contribution < -0.4 is 10.2 Å². The molecule has 1 fully saturated rings. The maximum atomic E-state index is 12.2. The lowest BCUT2D eigenvalue weighted by molar-refractivity contribution is 0.0994. The molecule has 0 saturated carbocycles. The molecule has 18 heavy (non-hydrogen) atoms. The second-order valence-electron chi connectivity index (χ2n) is 5.02. The van der Waals surface area contributed by atoms with Gasteiger partial charge in [0.2, 0.25) is 0 Å². The molecule has 0 aliphatic carbocycles. The molecule has 0 aromatic heterocycles. The first kappa shape index (κ1) is 13.1. The van der Waals surface area contributed by atoms with Crippen molar-refractivity contribution in [1.29, 1.82) is 0 Å². The van der Waals surface area contributed by atoms with E-state index in [2.05, 4.69) is 22.3 Å². The molecule has 0 atom stereocenters. The molecule has 3 heteroatoms. The molecule has 1 aromatic carbocycles. The molecule has 0 spiro atoms. The number of aryl methyl sites for hydroxylation is 1. The van der Waals surface area contributed by atoms with E-state index >= 15 is 0 Å². The minimum atomic E-state index is 0.182. The van der Waals surface area contributed by atoms with E-state index in [0.29, 0.717) is 6.54 Å². The molecule has 98 valence electrons. The van der Waals surface area contributed by atoms with E-state index in [4.69, 9.17) is 0 Å². The van der Waals surface area contributed by atoms with Gasteiger partial charge in [0.25, 0.3) is 0 Å². The first-order valence-electron chi connectivity index (χ1n) is 6.76. The molecule has 1 aliphatic heterocycles. The Bertz CT molecular complexity index is 423. The maximum absolute atomic E-state index is 12.2. The van der Waals surface area contributed by atoms with Gasteiger partial charge in [0.15, 0.2) is 5.78 Å². The number of piperidine rings is 1. The molecule has 1 N–H and O–H groups in total. The van der Waals surface area contributed by atoms with Gasteiger partial charge in [-0.2, -0.15) is 0 Å². The number of ketones is 1. The predicted octanol–water partition coefficient (Wildman–Crippen LogP) is 2.39. The standard InChI is InChI=1S/C15H22N2O/c1-12-6-7-14(17-8-4-3-5-9-17)13(10-12)15(18)11-16-2/h6-7,10,16H,3-5,8-9,11H2,1-2H3. The van der Waals surface area contributed by atoms with Crippen molar-refractivity contribution in [3.05, 3.63) is 29.3 Å². The molecule has 3 nitrogen and oxygen atoms in total. The summed E-state index contributed by atoms with van der Waals surface area (Å²) in [5.74, 6) is 0.182. The van der Waals surface area contributed by atoms with Crippen LogP contribution in [0.2, 0.25) is 0 Å². The Morgan fingerprint density at radius 1 is 1.28 bits per heavy atom. The summed E-state index contributed by atoms with van der Waals surface area (Å²) in [6.45, 7) is 4.59. The predicted molar refractivity (Wildman–Crippen MR) is 75.5 cm³/mol. The van der Waals surface area contributed by atoms with Crippen LogP contribution in [0, 0.1) is 6.92 Å². The van der Waals surface area contributed by atoms with Crippen LogP contribution in [-0.4, -0.2) is 32.5 Å². The Balaban J connectivity index is 2.30. The fourth-order valence-electron chi connectivity index (χ4n) is 2.54. The van der Waals surface area contributed by atoms with Gasteiger partial charge in [-0.3, -0.25) is 4.79 Å². The molecule has 0 amide bonds. The Labute approximate surface area is 109 Å². The van der Waals surface area contributed by atoms with E-state index in [1.165, 1.54) is 19.3 Å².